The van der Waals surface area contributed by atoms with Gasteiger partial charge in [0.05, 0.1) is 17.4 Å². The highest BCUT2D eigenvalue weighted by Gasteiger charge is 2.77. The molecule has 8 nitrogen and oxygen atoms in total. The highest BCUT2D eigenvalue weighted by molar-refractivity contribution is 6.30. The molecule has 202 valence electrons. The molecule has 3 aliphatic rings. The van der Waals surface area contributed by atoms with Crippen molar-refractivity contribution in [2.24, 2.45) is 11.8 Å². The highest BCUT2D eigenvalue weighted by atomic mass is 35.5. The number of rotatable bonds is 10. The van der Waals surface area contributed by atoms with Crippen LogP contribution >= 0.6 is 11.6 Å². The minimum absolute atomic E-state index is 0.130. The maximum Gasteiger partial charge on any atom is 0.250 e. The molecule has 38 heavy (non-hydrogen) atoms. The number of amides is 3. The number of likely N-dealkylation sites (tertiary alicyclic amines) is 1. The molecular weight excluding hydrogens is 506 g/mol. The van der Waals surface area contributed by atoms with Gasteiger partial charge in [0.15, 0.2) is 0 Å². The fraction of sp³-hybridized carbons (Fsp3) is 0.483. The van der Waals surface area contributed by atoms with Gasteiger partial charge in [-0.3, -0.25) is 14.4 Å². The summed E-state index contributed by atoms with van der Waals surface area (Å²) < 4.78 is 6.64. The lowest BCUT2D eigenvalue weighted by molar-refractivity contribution is -0.143. The van der Waals surface area contributed by atoms with Crippen molar-refractivity contribution in [2.45, 2.75) is 62.7 Å². The number of carbonyl (C=O) groups excluding carboxylic acids is 3. The first-order valence-electron chi connectivity index (χ1n) is 13.3. The van der Waals surface area contributed by atoms with E-state index in [0.29, 0.717) is 48.6 Å². The fourth-order valence-corrected chi connectivity index (χ4v) is 6.73. The quantitative estimate of drug-likeness (QED) is 0.391. The molecule has 9 heteroatoms. The molecule has 3 fully saturated rings. The Morgan fingerprint density at radius 3 is 2.34 bits per heavy atom. The van der Waals surface area contributed by atoms with Crippen molar-refractivity contribution in [3.05, 3.63) is 59.6 Å². The lowest BCUT2D eigenvalue weighted by Gasteiger charge is -2.33. The molecule has 1 spiro atoms. The van der Waals surface area contributed by atoms with E-state index >= 15 is 0 Å². The summed E-state index contributed by atoms with van der Waals surface area (Å²) in [4.78, 5) is 43.1. The molecule has 5 rings (SSSR count). The third-order valence-electron chi connectivity index (χ3n) is 8.27. The predicted octanol–water partition coefficient (Wildman–Crippen LogP) is 4.23. The van der Waals surface area contributed by atoms with Gasteiger partial charge in [-0.25, -0.2) is 0 Å². The number of ether oxygens (including phenoxy) is 1. The van der Waals surface area contributed by atoms with Crippen molar-refractivity contribution in [1.29, 1.82) is 0 Å². The maximum absolute atomic E-state index is 14.0. The third kappa shape index (κ3) is 4.70. The Balaban J connectivity index is 1.44. The van der Waals surface area contributed by atoms with Crippen molar-refractivity contribution in [3.8, 4) is 0 Å². The Morgan fingerprint density at radius 2 is 1.63 bits per heavy atom. The zero-order chi connectivity index (χ0) is 26.9. The second-order valence-electron chi connectivity index (χ2n) is 10.7. The first-order chi connectivity index (χ1) is 18.3. The average Bonchev–Trinajstić information content (AvgIpc) is 3.46. The second kappa shape index (κ2) is 10.7. The SMILES string of the molecule is C[C@]12CCC3(O1)C(C(=O)Nc1ccc(Cl)cc1)N(CCCCCCO)C(=O)[C@@H]3[C@H]2C(=O)Nc1ccccc1. The third-order valence-corrected chi connectivity index (χ3v) is 8.52. The Hall–Kier alpha value is -2.94. The van der Waals surface area contributed by atoms with Gasteiger partial charge in [-0.15, -0.1) is 0 Å². The largest absolute Gasteiger partial charge is 0.396 e. The number of anilines is 2. The van der Waals surface area contributed by atoms with Gasteiger partial charge >= 0.3 is 0 Å². The number of aliphatic hydroxyl groups is 1. The summed E-state index contributed by atoms with van der Waals surface area (Å²) in [6, 6.07) is 15.1. The number of hydrogen-bond donors (Lipinski definition) is 3. The number of aliphatic hydroxyl groups excluding tert-OH is 1. The van der Waals surface area contributed by atoms with E-state index in [0.717, 1.165) is 12.8 Å². The molecule has 3 amide bonds. The van der Waals surface area contributed by atoms with E-state index in [-0.39, 0.29) is 24.3 Å². The summed E-state index contributed by atoms with van der Waals surface area (Å²) in [7, 11) is 0. The van der Waals surface area contributed by atoms with Gasteiger partial charge in [0.1, 0.15) is 11.6 Å². The van der Waals surface area contributed by atoms with E-state index < -0.39 is 29.1 Å². The van der Waals surface area contributed by atoms with Crippen LogP contribution < -0.4 is 10.6 Å². The molecule has 0 aromatic heterocycles. The molecule has 0 aliphatic carbocycles. The Kier molecular flexibility index (Phi) is 7.49. The second-order valence-corrected chi connectivity index (χ2v) is 11.2. The monoisotopic (exact) mass is 539 g/mol. The number of hydrogen-bond acceptors (Lipinski definition) is 5. The van der Waals surface area contributed by atoms with Gasteiger partial charge in [0.2, 0.25) is 17.7 Å². The molecule has 3 heterocycles. The van der Waals surface area contributed by atoms with Crippen LogP contribution in [0.1, 0.15) is 45.4 Å². The van der Waals surface area contributed by atoms with E-state index in [1.807, 2.05) is 37.3 Å². The summed E-state index contributed by atoms with van der Waals surface area (Å²) in [6.45, 7) is 2.40. The standard InChI is InChI=1S/C29H34ClN3O5/c1-28-15-16-29(38-28)23(22(28)25(35)31-20-9-5-4-6-10-20)27(37)33(17-7-2-3-8-18-34)24(29)26(36)32-21-13-11-19(30)12-14-21/h4-6,9-14,22-24,34H,2-3,7-8,15-18H2,1H3,(H,31,35)(H,32,36)/t22-,23-,24?,28+,29?/m0/s1. The van der Waals surface area contributed by atoms with E-state index in [9.17, 15) is 14.4 Å². The van der Waals surface area contributed by atoms with Crippen molar-refractivity contribution >= 4 is 40.7 Å². The number of nitrogens with one attached hydrogen (secondary N) is 2. The van der Waals surface area contributed by atoms with Crippen LogP contribution in [0.5, 0.6) is 0 Å². The molecule has 2 aromatic carbocycles. The van der Waals surface area contributed by atoms with Crippen LogP contribution in [-0.2, 0) is 19.1 Å². The number of benzene rings is 2. The number of carbonyl (C=O) groups is 3. The molecule has 5 atom stereocenters. The van der Waals surface area contributed by atoms with E-state index in [1.165, 1.54) is 0 Å². The van der Waals surface area contributed by atoms with Gasteiger partial charge in [-0.1, -0.05) is 42.6 Å². The number of fused-ring (bicyclic) bond motifs is 1. The van der Waals surface area contributed by atoms with Gasteiger partial charge in [0.25, 0.3) is 0 Å². The van der Waals surface area contributed by atoms with Crippen LogP contribution in [0, 0.1) is 11.8 Å². The lowest BCUT2D eigenvalue weighted by atomic mass is 9.66. The molecule has 2 bridgehead atoms. The molecule has 3 aliphatic heterocycles. The topological polar surface area (TPSA) is 108 Å². The first-order valence-corrected chi connectivity index (χ1v) is 13.7. The zero-order valence-corrected chi connectivity index (χ0v) is 22.2. The van der Waals surface area contributed by atoms with Crippen molar-refractivity contribution in [3.63, 3.8) is 0 Å². The van der Waals surface area contributed by atoms with Crippen LogP contribution in [0.4, 0.5) is 11.4 Å². The van der Waals surface area contributed by atoms with Crippen LogP contribution in [-0.4, -0.2) is 58.1 Å². The average molecular weight is 540 g/mol. The van der Waals surface area contributed by atoms with Gasteiger partial charge < -0.3 is 25.4 Å². The number of nitrogens with zero attached hydrogens (tertiary/aromatic N) is 1. The van der Waals surface area contributed by atoms with Crippen molar-refractivity contribution < 1.29 is 24.2 Å². The molecular formula is C29H34ClN3O5. The smallest absolute Gasteiger partial charge is 0.250 e. The van der Waals surface area contributed by atoms with Gasteiger partial charge in [0, 0.05) is 29.5 Å². The Labute approximate surface area is 227 Å². The molecule has 2 unspecified atom stereocenters. The summed E-state index contributed by atoms with van der Waals surface area (Å²) in [5, 5.41) is 15.6. The van der Waals surface area contributed by atoms with Crippen LogP contribution in [0.2, 0.25) is 5.02 Å². The molecule has 2 aromatic rings. The molecule has 3 N–H and O–H groups in total. The Bertz CT molecular complexity index is 1190. The number of unbranched alkanes of at least 4 members (excludes halogenated alkanes) is 3. The summed E-state index contributed by atoms with van der Waals surface area (Å²) in [5.41, 5.74) is -0.690. The predicted molar refractivity (Wildman–Crippen MR) is 145 cm³/mol. The molecule has 0 radical (unpaired) electrons. The summed E-state index contributed by atoms with van der Waals surface area (Å²) in [5.74, 6) is -2.26. The minimum atomic E-state index is -1.08. The summed E-state index contributed by atoms with van der Waals surface area (Å²) in [6.07, 6.45) is 4.16. The van der Waals surface area contributed by atoms with Crippen molar-refractivity contribution in [1.82, 2.24) is 4.90 Å². The first kappa shape index (κ1) is 26.7. The van der Waals surface area contributed by atoms with Crippen LogP contribution in [0.3, 0.4) is 0 Å². The van der Waals surface area contributed by atoms with E-state index in [2.05, 4.69) is 10.6 Å². The van der Waals surface area contributed by atoms with Crippen molar-refractivity contribution in [2.75, 3.05) is 23.8 Å². The minimum Gasteiger partial charge on any atom is -0.396 e. The van der Waals surface area contributed by atoms with Gasteiger partial charge in [-0.05, 0) is 69.0 Å². The van der Waals surface area contributed by atoms with Gasteiger partial charge in [-0.2, -0.15) is 0 Å². The van der Waals surface area contributed by atoms with E-state index in [4.69, 9.17) is 21.4 Å². The highest BCUT2D eigenvalue weighted by Crippen LogP contribution is 2.63. The molecule has 0 saturated carbocycles. The normalized spacial score (nSPS) is 29.4. The number of para-hydroxylation sites is 1. The lowest BCUT2D eigenvalue weighted by Crippen LogP contribution is -2.53. The maximum atomic E-state index is 14.0. The fourth-order valence-electron chi connectivity index (χ4n) is 6.60. The molecule has 3 saturated heterocycles. The number of halogens is 1. The summed E-state index contributed by atoms with van der Waals surface area (Å²) >= 11 is 6.01. The van der Waals surface area contributed by atoms with E-state index in [1.54, 1.807) is 29.2 Å². The van der Waals surface area contributed by atoms with Crippen LogP contribution in [0.15, 0.2) is 54.6 Å². The Morgan fingerprint density at radius 1 is 0.974 bits per heavy atom. The van der Waals surface area contributed by atoms with Crippen LogP contribution in [0.25, 0.3) is 0 Å². The zero-order valence-electron chi connectivity index (χ0n) is 21.5.